The Morgan fingerprint density at radius 3 is 2.60 bits per heavy atom. The number of ether oxygens (including phenoxy) is 2. The van der Waals surface area contributed by atoms with Gasteiger partial charge in [-0.25, -0.2) is 4.79 Å². The van der Waals surface area contributed by atoms with Crippen LogP contribution in [0.15, 0.2) is 48.0 Å². The van der Waals surface area contributed by atoms with Crippen molar-refractivity contribution in [3.8, 4) is 11.8 Å². The average molecular weight is 404 g/mol. The molecule has 1 heterocycles. The average Bonchev–Trinajstić information content (AvgIpc) is 3.04. The van der Waals surface area contributed by atoms with E-state index in [0.29, 0.717) is 29.2 Å². The third-order valence-electron chi connectivity index (χ3n) is 4.67. The number of fused-ring (bicyclic) bond motifs is 1. The highest BCUT2D eigenvalue weighted by atomic mass is 16.5. The molecule has 0 unspecified atom stereocenters. The number of carbonyl (C=O) groups is 3. The Kier molecular flexibility index (Phi) is 6.28. The molecule has 0 aromatic heterocycles. The van der Waals surface area contributed by atoms with Crippen LogP contribution in [0, 0.1) is 11.3 Å². The summed E-state index contributed by atoms with van der Waals surface area (Å²) in [4.78, 5) is 36.4. The minimum Gasteiger partial charge on any atom is -0.494 e. The standard InChI is InChI=1S/C23H20N2O5/c1-3-29-18-7-4-15(5-8-18)10-17(12-24)23(28)30-13-21(26)16-6-9-20-19(11-16)14(2)22(27)25-20/h4-11,14H,3,13H2,1-2H3,(H,25,27)/b17-10+/t14-/m1/s1. The van der Waals surface area contributed by atoms with Gasteiger partial charge in [-0.2, -0.15) is 5.26 Å². The molecule has 0 spiro atoms. The summed E-state index contributed by atoms with van der Waals surface area (Å²) in [6, 6.07) is 13.5. The van der Waals surface area contributed by atoms with E-state index in [9.17, 15) is 19.6 Å². The van der Waals surface area contributed by atoms with Crippen LogP contribution in [0.25, 0.3) is 6.08 Å². The lowest BCUT2D eigenvalue weighted by molar-refractivity contribution is -0.137. The van der Waals surface area contributed by atoms with Crippen LogP contribution in [0.1, 0.15) is 41.3 Å². The van der Waals surface area contributed by atoms with E-state index >= 15 is 0 Å². The van der Waals surface area contributed by atoms with Gasteiger partial charge in [0.2, 0.25) is 5.91 Å². The molecule has 0 saturated heterocycles. The number of nitrogens with zero attached hydrogens (tertiary/aromatic N) is 1. The number of anilines is 1. The van der Waals surface area contributed by atoms with Crippen LogP contribution in [-0.2, 0) is 14.3 Å². The molecule has 7 heteroatoms. The Labute approximate surface area is 173 Å². The van der Waals surface area contributed by atoms with Crippen molar-refractivity contribution in [3.63, 3.8) is 0 Å². The zero-order valence-electron chi connectivity index (χ0n) is 16.6. The largest absolute Gasteiger partial charge is 0.494 e. The van der Waals surface area contributed by atoms with Crippen molar-refractivity contribution in [2.24, 2.45) is 0 Å². The number of nitrogens with one attached hydrogen (secondary N) is 1. The van der Waals surface area contributed by atoms with E-state index in [0.717, 1.165) is 5.56 Å². The molecular formula is C23H20N2O5. The van der Waals surface area contributed by atoms with Crippen molar-refractivity contribution in [2.75, 3.05) is 18.5 Å². The van der Waals surface area contributed by atoms with Crippen molar-refractivity contribution in [3.05, 3.63) is 64.7 Å². The quantitative estimate of drug-likeness (QED) is 0.328. The van der Waals surface area contributed by atoms with Crippen LogP contribution in [0.2, 0.25) is 0 Å². The molecule has 2 aromatic rings. The van der Waals surface area contributed by atoms with Gasteiger partial charge in [0.25, 0.3) is 0 Å². The Balaban J connectivity index is 1.64. The predicted molar refractivity (Wildman–Crippen MR) is 110 cm³/mol. The molecule has 30 heavy (non-hydrogen) atoms. The summed E-state index contributed by atoms with van der Waals surface area (Å²) in [5.41, 5.74) is 2.14. The second-order valence-electron chi connectivity index (χ2n) is 6.68. The number of hydrogen-bond donors (Lipinski definition) is 1. The number of rotatable bonds is 7. The first-order valence-corrected chi connectivity index (χ1v) is 9.42. The normalized spacial score (nSPS) is 15.0. The smallest absolute Gasteiger partial charge is 0.349 e. The molecule has 1 amide bonds. The molecule has 7 nitrogen and oxygen atoms in total. The van der Waals surface area contributed by atoms with Crippen LogP contribution < -0.4 is 10.1 Å². The van der Waals surface area contributed by atoms with E-state index < -0.39 is 18.4 Å². The number of carbonyl (C=O) groups excluding carboxylic acids is 3. The van der Waals surface area contributed by atoms with Gasteiger partial charge in [-0.05, 0) is 61.4 Å². The summed E-state index contributed by atoms with van der Waals surface area (Å²) in [7, 11) is 0. The summed E-state index contributed by atoms with van der Waals surface area (Å²) < 4.78 is 10.4. The molecule has 1 aliphatic heterocycles. The van der Waals surface area contributed by atoms with Gasteiger partial charge in [0.1, 0.15) is 17.4 Å². The lowest BCUT2D eigenvalue weighted by atomic mass is 9.99. The second-order valence-corrected chi connectivity index (χ2v) is 6.68. The topological polar surface area (TPSA) is 105 Å². The minimum atomic E-state index is -0.883. The van der Waals surface area contributed by atoms with Gasteiger partial charge < -0.3 is 14.8 Å². The van der Waals surface area contributed by atoms with E-state index in [4.69, 9.17) is 9.47 Å². The summed E-state index contributed by atoms with van der Waals surface area (Å²) in [6.45, 7) is 3.66. The number of hydrogen-bond acceptors (Lipinski definition) is 6. The molecular weight excluding hydrogens is 384 g/mol. The van der Waals surface area contributed by atoms with Crippen molar-refractivity contribution >= 4 is 29.4 Å². The summed E-state index contributed by atoms with van der Waals surface area (Å²) in [5, 5.41) is 12.0. The number of nitriles is 1. The summed E-state index contributed by atoms with van der Waals surface area (Å²) in [5.74, 6) is -1.10. The maximum absolute atomic E-state index is 12.4. The highest BCUT2D eigenvalue weighted by Gasteiger charge is 2.27. The van der Waals surface area contributed by atoms with Crippen LogP contribution in [0.4, 0.5) is 5.69 Å². The molecule has 0 radical (unpaired) electrons. The first-order chi connectivity index (χ1) is 14.4. The molecule has 0 fully saturated rings. The first-order valence-electron chi connectivity index (χ1n) is 9.42. The van der Waals surface area contributed by atoms with Crippen LogP contribution in [-0.4, -0.2) is 30.9 Å². The lowest BCUT2D eigenvalue weighted by Crippen LogP contribution is -2.15. The molecule has 152 valence electrons. The van der Waals surface area contributed by atoms with Crippen molar-refractivity contribution < 1.29 is 23.9 Å². The van der Waals surface area contributed by atoms with E-state index in [1.807, 2.05) is 6.92 Å². The number of amides is 1. The Bertz CT molecular complexity index is 1060. The highest BCUT2D eigenvalue weighted by Crippen LogP contribution is 2.32. The Hall–Kier alpha value is -3.92. The molecule has 1 atom stereocenters. The van der Waals surface area contributed by atoms with Crippen LogP contribution in [0.5, 0.6) is 5.75 Å². The van der Waals surface area contributed by atoms with Crippen molar-refractivity contribution in [1.82, 2.24) is 0 Å². The molecule has 0 bridgehead atoms. The predicted octanol–water partition coefficient (Wildman–Crippen LogP) is 3.47. The third kappa shape index (κ3) is 4.55. The van der Waals surface area contributed by atoms with Crippen molar-refractivity contribution in [2.45, 2.75) is 19.8 Å². The van der Waals surface area contributed by atoms with Gasteiger partial charge in [0, 0.05) is 11.3 Å². The van der Waals surface area contributed by atoms with Gasteiger partial charge in [-0.3, -0.25) is 9.59 Å². The molecule has 0 saturated carbocycles. The first kappa shape index (κ1) is 20.8. The summed E-state index contributed by atoms with van der Waals surface area (Å²) >= 11 is 0. The van der Waals surface area contributed by atoms with E-state index in [1.165, 1.54) is 6.08 Å². The van der Waals surface area contributed by atoms with Gasteiger partial charge in [-0.1, -0.05) is 12.1 Å². The summed E-state index contributed by atoms with van der Waals surface area (Å²) in [6.07, 6.45) is 1.39. The van der Waals surface area contributed by atoms with Crippen LogP contribution in [0.3, 0.4) is 0 Å². The maximum atomic E-state index is 12.4. The highest BCUT2D eigenvalue weighted by molar-refractivity contribution is 6.05. The lowest BCUT2D eigenvalue weighted by Gasteiger charge is -2.07. The third-order valence-corrected chi connectivity index (χ3v) is 4.67. The SMILES string of the molecule is CCOc1ccc(/C=C(\C#N)C(=O)OCC(=O)c2ccc3c(c2)[C@@H](C)C(=O)N3)cc1. The van der Waals surface area contributed by atoms with Gasteiger partial charge >= 0.3 is 5.97 Å². The number of ketones is 1. The molecule has 3 rings (SSSR count). The van der Waals surface area contributed by atoms with Gasteiger partial charge in [-0.15, -0.1) is 0 Å². The van der Waals surface area contributed by atoms with E-state index in [-0.39, 0.29) is 17.4 Å². The molecule has 1 aliphatic rings. The molecule has 1 N–H and O–H groups in total. The number of esters is 1. The Morgan fingerprint density at radius 1 is 1.20 bits per heavy atom. The monoisotopic (exact) mass is 404 g/mol. The zero-order valence-corrected chi connectivity index (χ0v) is 16.6. The number of benzene rings is 2. The van der Waals surface area contributed by atoms with E-state index in [2.05, 4.69) is 5.32 Å². The fourth-order valence-corrected chi connectivity index (χ4v) is 3.01. The number of Topliss-reactive ketones (excluding diaryl/α,β-unsaturated/α-hetero) is 1. The molecule has 0 aliphatic carbocycles. The van der Waals surface area contributed by atoms with Crippen LogP contribution >= 0.6 is 0 Å². The fraction of sp³-hybridized carbons (Fsp3) is 0.217. The zero-order chi connectivity index (χ0) is 21.7. The fourth-order valence-electron chi connectivity index (χ4n) is 3.01. The molecule has 2 aromatic carbocycles. The van der Waals surface area contributed by atoms with E-state index in [1.54, 1.807) is 55.5 Å². The minimum absolute atomic E-state index is 0.126. The van der Waals surface area contributed by atoms with Crippen molar-refractivity contribution in [1.29, 1.82) is 5.26 Å². The van der Waals surface area contributed by atoms with Gasteiger partial charge in [0.15, 0.2) is 12.4 Å². The second kappa shape index (κ2) is 9.05. The maximum Gasteiger partial charge on any atom is 0.349 e. The van der Waals surface area contributed by atoms with Gasteiger partial charge in [0.05, 0.1) is 12.5 Å². The Morgan fingerprint density at radius 2 is 1.93 bits per heavy atom.